The first kappa shape index (κ1) is 14.8. The summed E-state index contributed by atoms with van der Waals surface area (Å²) in [5.41, 5.74) is 0.910. The number of aromatic nitrogens is 1. The Morgan fingerprint density at radius 2 is 1.57 bits per heavy atom. The van der Waals surface area contributed by atoms with Crippen LogP contribution in [0.1, 0.15) is 34.1 Å². The van der Waals surface area contributed by atoms with Crippen LogP contribution in [0, 0.1) is 5.92 Å². The molecular formula is C17H15NO3. The number of hydrogen-bond acceptors (Lipinski definition) is 4. The Hall–Kier alpha value is -2.62. The third-order valence-electron chi connectivity index (χ3n) is 3.27. The van der Waals surface area contributed by atoms with Crippen LogP contribution in [0.15, 0.2) is 54.9 Å². The topological polar surface area (TPSA) is 64.1 Å². The van der Waals surface area contributed by atoms with Crippen molar-refractivity contribution in [2.75, 3.05) is 0 Å². The highest BCUT2D eigenvalue weighted by Gasteiger charge is 2.24. The van der Waals surface area contributed by atoms with E-state index >= 15 is 0 Å². The van der Waals surface area contributed by atoms with E-state index in [0.717, 1.165) is 0 Å². The zero-order chi connectivity index (χ0) is 15.2. The van der Waals surface area contributed by atoms with Crippen molar-refractivity contribution in [3.8, 4) is 0 Å². The van der Waals surface area contributed by atoms with E-state index in [1.54, 1.807) is 42.5 Å². The lowest BCUT2D eigenvalue weighted by Gasteiger charge is -2.09. The molecule has 1 heterocycles. The molecule has 2 aromatic rings. The third kappa shape index (κ3) is 3.69. The first-order chi connectivity index (χ1) is 10.1. The van der Waals surface area contributed by atoms with Crippen molar-refractivity contribution in [1.82, 2.24) is 4.98 Å². The second kappa shape index (κ2) is 6.70. The van der Waals surface area contributed by atoms with Crippen molar-refractivity contribution in [3.05, 3.63) is 66.0 Å². The third-order valence-corrected chi connectivity index (χ3v) is 3.27. The molecule has 2 rings (SSSR count). The van der Waals surface area contributed by atoms with E-state index < -0.39 is 5.92 Å². The number of Topliss-reactive ketones (excluding diaryl/α,β-unsaturated/α-hetero) is 3. The van der Waals surface area contributed by atoms with Crippen molar-refractivity contribution < 1.29 is 14.4 Å². The summed E-state index contributed by atoms with van der Waals surface area (Å²) in [4.78, 5) is 40.0. The Kier molecular flexibility index (Phi) is 4.72. The van der Waals surface area contributed by atoms with Gasteiger partial charge in [0.15, 0.2) is 17.3 Å². The summed E-state index contributed by atoms with van der Waals surface area (Å²) in [5, 5.41) is 0. The number of hydrogen-bond donors (Lipinski definition) is 0. The van der Waals surface area contributed by atoms with Crippen LogP contribution in [-0.2, 0) is 4.79 Å². The Labute approximate surface area is 122 Å². The lowest BCUT2D eigenvalue weighted by atomic mass is 9.92. The average molecular weight is 281 g/mol. The maximum Gasteiger partial charge on any atom is 0.173 e. The molecule has 0 bridgehead atoms. The summed E-state index contributed by atoms with van der Waals surface area (Å²) in [7, 11) is 0. The molecule has 1 atom stereocenters. The summed E-state index contributed by atoms with van der Waals surface area (Å²) in [6.07, 6.45) is 2.74. The SMILES string of the molecule is CC(C(=O)CC(=O)c1ccccc1)C(=O)c1ccncc1. The van der Waals surface area contributed by atoms with Gasteiger partial charge in [-0.2, -0.15) is 0 Å². The van der Waals surface area contributed by atoms with Crippen LogP contribution in [0.4, 0.5) is 0 Å². The predicted octanol–water partition coefficient (Wildman–Crippen LogP) is 2.74. The molecule has 0 saturated carbocycles. The van der Waals surface area contributed by atoms with Gasteiger partial charge in [0.05, 0.1) is 12.3 Å². The lowest BCUT2D eigenvalue weighted by Crippen LogP contribution is -2.23. The first-order valence-corrected chi connectivity index (χ1v) is 6.65. The highest BCUT2D eigenvalue weighted by molar-refractivity contribution is 6.16. The first-order valence-electron chi connectivity index (χ1n) is 6.65. The number of carbonyl (C=O) groups is 3. The zero-order valence-corrected chi connectivity index (χ0v) is 11.7. The van der Waals surface area contributed by atoms with Crippen LogP contribution in [0.25, 0.3) is 0 Å². The van der Waals surface area contributed by atoms with Gasteiger partial charge in [0.2, 0.25) is 0 Å². The minimum atomic E-state index is -0.833. The summed E-state index contributed by atoms with van der Waals surface area (Å²) in [6.45, 7) is 1.53. The zero-order valence-electron chi connectivity index (χ0n) is 11.7. The van der Waals surface area contributed by atoms with Gasteiger partial charge in [-0.15, -0.1) is 0 Å². The van der Waals surface area contributed by atoms with E-state index in [0.29, 0.717) is 11.1 Å². The number of pyridine rings is 1. The molecule has 1 aromatic heterocycles. The molecule has 0 N–H and O–H groups in total. The van der Waals surface area contributed by atoms with Gasteiger partial charge in [-0.1, -0.05) is 30.3 Å². The fraction of sp³-hybridized carbons (Fsp3) is 0.176. The van der Waals surface area contributed by atoms with E-state index in [9.17, 15) is 14.4 Å². The molecule has 1 aromatic carbocycles. The number of ketones is 3. The molecule has 0 aliphatic heterocycles. The second-order valence-electron chi connectivity index (χ2n) is 4.75. The maximum atomic E-state index is 12.1. The Morgan fingerprint density at radius 1 is 0.952 bits per heavy atom. The molecule has 106 valence electrons. The molecule has 0 radical (unpaired) electrons. The van der Waals surface area contributed by atoms with Gasteiger partial charge in [-0.3, -0.25) is 19.4 Å². The minimum Gasteiger partial charge on any atom is -0.298 e. The normalized spacial score (nSPS) is 11.7. The van der Waals surface area contributed by atoms with Gasteiger partial charge in [-0.25, -0.2) is 0 Å². The van der Waals surface area contributed by atoms with Crippen LogP contribution in [0.2, 0.25) is 0 Å². The average Bonchev–Trinajstić information content (AvgIpc) is 2.55. The molecule has 0 aliphatic rings. The van der Waals surface area contributed by atoms with Crippen LogP contribution in [0.5, 0.6) is 0 Å². The van der Waals surface area contributed by atoms with Crippen LogP contribution < -0.4 is 0 Å². The van der Waals surface area contributed by atoms with E-state index in [1.165, 1.54) is 19.3 Å². The van der Waals surface area contributed by atoms with Crippen molar-refractivity contribution in [3.63, 3.8) is 0 Å². The molecule has 4 heteroatoms. The number of benzene rings is 1. The second-order valence-corrected chi connectivity index (χ2v) is 4.75. The van der Waals surface area contributed by atoms with Crippen molar-refractivity contribution in [2.24, 2.45) is 5.92 Å². The monoisotopic (exact) mass is 281 g/mol. The molecule has 0 saturated heterocycles. The van der Waals surface area contributed by atoms with Crippen LogP contribution >= 0.6 is 0 Å². The summed E-state index contributed by atoms with van der Waals surface area (Å²) in [5.74, 6) is -1.76. The summed E-state index contributed by atoms with van der Waals surface area (Å²) < 4.78 is 0. The Bertz CT molecular complexity index is 650. The highest BCUT2D eigenvalue weighted by Crippen LogP contribution is 2.13. The fourth-order valence-corrected chi connectivity index (χ4v) is 1.95. The van der Waals surface area contributed by atoms with Gasteiger partial charge >= 0.3 is 0 Å². The van der Waals surface area contributed by atoms with Crippen molar-refractivity contribution in [1.29, 1.82) is 0 Å². The van der Waals surface area contributed by atoms with Crippen molar-refractivity contribution in [2.45, 2.75) is 13.3 Å². The molecule has 21 heavy (non-hydrogen) atoms. The Morgan fingerprint density at radius 3 is 2.19 bits per heavy atom. The highest BCUT2D eigenvalue weighted by atomic mass is 16.2. The van der Waals surface area contributed by atoms with E-state index in [4.69, 9.17) is 0 Å². The summed E-state index contributed by atoms with van der Waals surface area (Å²) >= 11 is 0. The van der Waals surface area contributed by atoms with Crippen LogP contribution in [0.3, 0.4) is 0 Å². The minimum absolute atomic E-state index is 0.262. The van der Waals surface area contributed by atoms with E-state index in [2.05, 4.69) is 4.98 Å². The standard InChI is InChI=1S/C17H15NO3/c1-12(17(21)14-7-9-18-10-8-14)15(19)11-16(20)13-5-3-2-4-6-13/h2-10,12H,11H2,1H3. The lowest BCUT2D eigenvalue weighted by molar-refractivity contribution is -0.120. The number of nitrogens with zero attached hydrogens (tertiary/aromatic N) is 1. The molecule has 4 nitrogen and oxygen atoms in total. The maximum absolute atomic E-state index is 12.1. The van der Waals surface area contributed by atoms with Gasteiger partial charge in [0, 0.05) is 23.5 Å². The smallest absolute Gasteiger partial charge is 0.173 e. The fourth-order valence-electron chi connectivity index (χ4n) is 1.95. The van der Waals surface area contributed by atoms with Gasteiger partial charge in [0.25, 0.3) is 0 Å². The quantitative estimate of drug-likeness (QED) is 0.603. The van der Waals surface area contributed by atoms with E-state index in [-0.39, 0.29) is 23.8 Å². The van der Waals surface area contributed by atoms with Gasteiger partial charge in [-0.05, 0) is 19.1 Å². The predicted molar refractivity (Wildman–Crippen MR) is 78.1 cm³/mol. The summed E-state index contributed by atoms with van der Waals surface area (Å²) in [6, 6.07) is 11.7. The van der Waals surface area contributed by atoms with Crippen LogP contribution in [-0.4, -0.2) is 22.3 Å². The molecule has 0 aliphatic carbocycles. The Balaban J connectivity index is 2.03. The molecule has 0 amide bonds. The molecule has 0 fully saturated rings. The largest absolute Gasteiger partial charge is 0.298 e. The van der Waals surface area contributed by atoms with E-state index in [1.807, 2.05) is 0 Å². The number of rotatable bonds is 6. The number of carbonyl (C=O) groups excluding carboxylic acids is 3. The molecule has 0 spiro atoms. The molecular weight excluding hydrogens is 266 g/mol. The molecule has 1 unspecified atom stereocenters. The van der Waals surface area contributed by atoms with Gasteiger partial charge < -0.3 is 0 Å². The van der Waals surface area contributed by atoms with Crippen molar-refractivity contribution >= 4 is 17.3 Å². The van der Waals surface area contributed by atoms with Gasteiger partial charge in [0.1, 0.15) is 0 Å².